The van der Waals surface area contributed by atoms with Crippen LogP contribution in [0.3, 0.4) is 0 Å². The Balaban J connectivity index is 1.48. The quantitative estimate of drug-likeness (QED) is 0.780. The molecule has 7 nitrogen and oxygen atoms in total. The lowest BCUT2D eigenvalue weighted by molar-refractivity contribution is 0.0449. The van der Waals surface area contributed by atoms with Crippen LogP contribution in [0.5, 0.6) is 0 Å². The molecule has 25 heavy (non-hydrogen) atoms. The Hall–Kier alpha value is -2.18. The zero-order valence-corrected chi connectivity index (χ0v) is 15.3. The molecule has 0 unspecified atom stereocenters. The highest BCUT2D eigenvalue weighted by Gasteiger charge is 2.33. The molecule has 2 fully saturated rings. The van der Waals surface area contributed by atoms with Gasteiger partial charge in [0.25, 0.3) is 0 Å². The Morgan fingerprint density at radius 1 is 1.20 bits per heavy atom. The number of hydrogen-bond donors (Lipinski definition) is 0. The average Bonchev–Trinajstić information content (AvgIpc) is 3.48. The van der Waals surface area contributed by atoms with Crippen molar-refractivity contribution in [1.29, 1.82) is 0 Å². The fourth-order valence-electron chi connectivity index (χ4n) is 3.10. The van der Waals surface area contributed by atoms with E-state index >= 15 is 0 Å². The molecule has 7 heteroatoms. The van der Waals surface area contributed by atoms with Gasteiger partial charge in [-0.05, 0) is 52.5 Å². The number of carbonyl (C=O) groups excluding carboxylic acids is 1. The molecular weight excluding hydrogens is 318 g/mol. The lowest BCUT2D eigenvalue weighted by Gasteiger charge is -2.22. The number of carbonyl (C=O) groups is 1. The monoisotopic (exact) mass is 343 g/mol. The number of ether oxygens (including phenoxy) is 1. The molecule has 2 heterocycles. The standard InChI is InChI=1S/C18H25N5O2/c1-18(2,3)23-14(11-5-6-11)9-13(21-23)17(24)25-10-15-19-20-16(22(15)4)12-7-8-12/h9,11-12H,5-8,10H2,1-4H3. The Kier molecular flexibility index (Phi) is 3.70. The maximum Gasteiger partial charge on any atom is 0.359 e. The largest absolute Gasteiger partial charge is 0.453 e. The van der Waals surface area contributed by atoms with E-state index in [2.05, 4.69) is 36.1 Å². The highest BCUT2D eigenvalue weighted by molar-refractivity contribution is 5.87. The number of aromatic nitrogens is 5. The summed E-state index contributed by atoms with van der Waals surface area (Å²) >= 11 is 0. The Morgan fingerprint density at radius 2 is 1.88 bits per heavy atom. The smallest absolute Gasteiger partial charge is 0.359 e. The SMILES string of the molecule is Cn1c(COC(=O)c2cc(C3CC3)n(C(C)(C)C)n2)nnc1C1CC1. The van der Waals surface area contributed by atoms with Gasteiger partial charge >= 0.3 is 5.97 Å². The van der Waals surface area contributed by atoms with Crippen LogP contribution in [-0.4, -0.2) is 30.5 Å². The minimum Gasteiger partial charge on any atom is -0.453 e. The first-order valence-corrected chi connectivity index (χ1v) is 9.00. The molecule has 0 radical (unpaired) electrons. The Labute approximate surface area is 147 Å². The minimum atomic E-state index is -0.402. The van der Waals surface area contributed by atoms with Crippen molar-refractivity contribution in [3.8, 4) is 0 Å². The molecule has 0 saturated heterocycles. The molecule has 0 aromatic carbocycles. The number of esters is 1. The third-order valence-electron chi connectivity index (χ3n) is 4.85. The van der Waals surface area contributed by atoms with Crippen molar-refractivity contribution in [2.45, 2.75) is 70.4 Å². The maximum atomic E-state index is 12.5. The van der Waals surface area contributed by atoms with E-state index in [1.165, 1.54) is 25.7 Å². The second-order valence-electron chi connectivity index (χ2n) is 8.20. The van der Waals surface area contributed by atoms with Gasteiger partial charge in [-0.1, -0.05) is 0 Å². The van der Waals surface area contributed by atoms with Crippen molar-refractivity contribution >= 4 is 5.97 Å². The van der Waals surface area contributed by atoms with E-state index in [-0.39, 0.29) is 12.1 Å². The molecule has 134 valence electrons. The van der Waals surface area contributed by atoms with Gasteiger partial charge in [-0.15, -0.1) is 10.2 Å². The topological polar surface area (TPSA) is 74.8 Å². The van der Waals surface area contributed by atoms with Gasteiger partial charge in [-0.25, -0.2) is 4.79 Å². The van der Waals surface area contributed by atoms with Crippen molar-refractivity contribution in [1.82, 2.24) is 24.5 Å². The van der Waals surface area contributed by atoms with Crippen molar-refractivity contribution in [2.24, 2.45) is 7.05 Å². The first kappa shape index (κ1) is 16.3. The van der Waals surface area contributed by atoms with E-state index < -0.39 is 5.97 Å². The van der Waals surface area contributed by atoms with Gasteiger partial charge in [0.15, 0.2) is 18.1 Å². The first-order chi connectivity index (χ1) is 11.8. The predicted molar refractivity (Wildman–Crippen MR) is 91.3 cm³/mol. The summed E-state index contributed by atoms with van der Waals surface area (Å²) in [6.07, 6.45) is 4.66. The third kappa shape index (κ3) is 3.19. The molecule has 0 aliphatic heterocycles. The highest BCUT2D eigenvalue weighted by Crippen LogP contribution is 2.42. The predicted octanol–water partition coefficient (Wildman–Crippen LogP) is 2.88. The highest BCUT2D eigenvalue weighted by atomic mass is 16.5. The van der Waals surface area contributed by atoms with Crippen LogP contribution < -0.4 is 0 Å². The van der Waals surface area contributed by atoms with E-state index in [0.29, 0.717) is 23.4 Å². The summed E-state index contributed by atoms with van der Waals surface area (Å²) in [7, 11) is 1.93. The number of rotatable bonds is 5. The lowest BCUT2D eigenvalue weighted by atomic mass is 10.1. The average molecular weight is 343 g/mol. The summed E-state index contributed by atoms with van der Waals surface area (Å²) < 4.78 is 9.36. The minimum absolute atomic E-state index is 0.121. The Bertz CT molecular complexity index is 806. The molecule has 2 aromatic rings. The Morgan fingerprint density at radius 3 is 2.48 bits per heavy atom. The molecule has 4 rings (SSSR count). The normalized spacial score (nSPS) is 17.8. The van der Waals surface area contributed by atoms with Crippen LogP contribution in [0, 0.1) is 0 Å². The van der Waals surface area contributed by atoms with Gasteiger partial charge in [0.05, 0.1) is 5.54 Å². The van der Waals surface area contributed by atoms with Crippen molar-refractivity contribution in [2.75, 3.05) is 0 Å². The summed E-state index contributed by atoms with van der Waals surface area (Å²) in [5.74, 6) is 2.30. The van der Waals surface area contributed by atoms with Crippen LogP contribution in [0.4, 0.5) is 0 Å². The van der Waals surface area contributed by atoms with Crippen LogP contribution in [0.15, 0.2) is 6.07 Å². The number of hydrogen-bond acceptors (Lipinski definition) is 5. The molecule has 0 amide bonds. The molecule has 2 aliphatic carbocycles. The second-order valence-corrected chi connectivity index (χ2v) is 8.20. The van der Waals surface area contributed by atoms with Crippen LogP contribution in [0.25, 0.3) is 0 Å². The lowest BCUT2D eigenvalue weighted by Crippen LogP contribution is -2.25. The fraction of sp³-hybridized carbons (Fsp3) is 0.667. The van der Waals surface area contributed by atoms with Crippen LogP contribution in [0.2, 0.25) is 0 Å². The zero-order chi connectivity index (χ0) is 17.8. The van der Waals surface area contributed by atoms with E-state index in [9.17, 15) is 4.79 Å². The zero-order valence-electron chi connectivity index (χ0n) is 15.3. The molecular formula is C18H25N5O2. The third-order valence-corrected chi connectivity index (χ3v) is 4.85. The molecule has 0 atom stereocenters. The summed E-state index contributed by atoms with van der Waals surface area (Å²) in [6.45, 7) is 6.41. The first-order valence-electron chi connectivity index (χ1n) is 9.00. The van der Waals surface area contributed by atoms with E-state index in [1.807, 2.05) is 22.4 Å². The molecule has 2 aromatic heterocycles. The summed E-state index contributed by atoms with van der Waals surface area (Å²) in [5.41, 5.74) is 1.36. The summed E-state index contributed by atoms with van der Waals surface area (Å²) in [4.78, 5) is 12.5. The number of nitrogens with zero attached hydrogens (tertiary/aromatic N) is 5. The van der Waals surface area contributed by atoms with Gasteiger partial charge in [0.1, 0.15) is 5.82 Å². The summed E-state index contributed by atoms with van der Waals surface area (Å²) in [6, 6.07) is 1.89. The maximum absolute atomic E-state index is 12.5. The van der Waals surface area contributed by atoms with E-state index in [4.69, 9.17) is 4.74 Å². The van der Waals surface area contributed by atoms with Gasteiger partial charge in [-0.3, -0.25) is 4.68 Å². The van der Waals surface area contributed by atoms with Crippen molar-refractivity contribution in [3.05, 3.63) is 29.1 Å². The summed E-state index contributed by atoms with van der Waals surface area (Å²) in [5, 5.41) is 12.9. The van der Waals surface area contributed by atoms with Gasteiger partial charge in [-0.2, -0.15) is 5.10 Å². The van der Waals surface area contributed by atoms with Crippen LogP contribution >= 0.6 is 0 Å². The van der Waals surface area contributed by atoms with E-state index in [1.54, 1.807) is 0 Å². The molecule has 2 saturated carbocycles. The molecule has 0 bridgehead atoms. The van der Waals surface area contributed by atoms with Crippen molar-refractivity contribution < 1.29 is 9.53 Å². The van der Waals surface area contributed by atoms with Gasteiger partial charge < -0.3 is 9.30 Å². The van der Waals surface area contributed by atoms with Gasteiger partial charge in [0.2, 0.25) is 0 Å². The fourth-order valence-corrected chi connectivity index (χ4v) is 3.10. The second kappa shape index (κ2) is 5.68. The van der Waals surface area contributed by atoms with Gasteiger partial charge in [0, 0.05) is 24.6 Å². The van der Waals surface area contributed by atoms with Crippen molar-refractivity contribution in [3.63, 3.8) is 0 Å². The van der Waals surface area contributed by atoms with E-state index in [0.717, 1.165) is 11.5 Å². The molecule has 0 N–H and O–H groups in total. The molecule has 0 spiro atoms. The molecule has 2 aliphatic rings. The van der Waals surface area contributed by atoms with Crippen LogP contribution in [-0.2, 0) is 23.9 Å². The van der Waals surface area contributed by atoms with Crippen LogP contribution in [0.1, 0.15) is 86.1 Å².